The highest BCUT2D eigenvalue weighted by molar-refractivity contribution is 4.85. The Balaban J connectivity index is 0. The molecule has 1 nitrogen and oxygen atoms in total. The molecule has 0 atom stereocenters. The van der Waals surface area contributed by atoms with Gasteiger partial charge in [0, 0.05) is 0 Å². The molecule has 6 heavy (non-hydrogen) atoms. The second-order valence-electron chi connectivity index (χ2n) is 1.21. The largest absolute Gasteiger partial charge is 1.00 e. The Kier molecular flexibility index (Phi) is 8.19. The minimum atomic E-state index is 0. The lowest BCUT2D eigenvalue weighted by atomic mass is 10.4. The van der Waals surface area contributed by atoms with Crippen LogP contribution in [0, 0.1) is 0 Å². The molecule has 0 aromatic rings. The average Bonchev–Trinajstić information content (AvgIpc) is 1.38. The second-order valence-corrected chi connectivity index (χ2v) is 1.21. The fourth-order valence-electron chi connectivity index (χ4n) is 0. The molecular formula is C4H10BrN. The molecule has 0 rings (SSSR count). The summed E-state index contributed by atoms with van der Waals surface area (Å²) < 4.78 is 0. The van der Waals surface area contributed by atoms with Gasteiger partial charge in [-0.1, -0.05) is 6.58 Å². The van der Waals surface area contributed by atoms with E-state index in [0.29, 0.717) is 0 Å². The maximum Gasteiger partial charge on any atom is 0.0951 e. The molecule has 3 N–H and O–H groups in total. The van der Waals surface area contributed by atoms with Crippen LogP contribution in [0.1, 0.15) is 6.92 Å². The lowest BCUT2D eigenvalue weighted by Gasteiger charge is -1.77. The Bertz CT molecular complexity index is 42.8. The summed E-state index contributed by atoms with van der Waals surface area (Å²) >= 11 is 0. The van der Waals surface area contributed by atoms with Crippen molar-refractivity contribution in [2.75, 3.05) is 6.54 Å². The summed E-state index contributed by atoms with van der Waals surface area (Å²) in [5.74, 6) is 0. The highest BCUT2D eigenvalue weighted by Crippen LogP contribution is 1.72. The first-order valence-electron chi connectivity index (χ1n) is 1.71. The average molecular weight is 152 g/mol. The summed E-state index contributed by atoms with van der Waals surface area (Å²) in [4.78, 5) is 0. The van der Waals surface area contributed by atoms with Crippen LogP contribution in [0.25, 0.3) is 0 Å². The predicted octanol–water partition coefficient (Wildman–Crippen LogP) is -3.19. The third-order valence-corrected chi connectivity index (χ3v) is 0.427. The quantitative estimate of drug-likeness (QED) is 0.383. The first-order valence-corrected chi connectivity index (χ1v) is 1.71. The van der Waals surface area contributed by atoms with Gasteiger partial charge >= 0.3 is 0 Å². The zero-order valence-electron chi connectivity index (χ0n) is 4.00. The van der Waals surface area contributed by atoms with Crippen LogP contribution in [-0.2, 0) is 0 Å². The van der Waals surface area contributed by atoms with Gasteiger partial charge in [0.1, 0.15) is 0 Å². The van der Waals surface area contributed by atoms with Crippen molar-refractivity contribution in [1.82, 2.24) is 0 Å². The first kappa shape index (κ1) is 9.49. The van der Waals surface area contributed by atoms with E-state index in [4.69, 9.17) is 0 Å². The van der Waals surface area contributed by atoms with Crippen LogP contribution in [0.15, 0.2) is 12.2 Å². The lowest BCUT2D eigenvalue weighted by molar-refractivity contribution is -0.355. The number of halogens is 1. The van der Waals surface area contributed by atoms with E-state index in [1.165, 1.54) is 0 Å². The summed E-state index contributed by atoms with van der Waals surface area (Å²) in [6.07, 6.45) is 0. The highest BCUT2D eigenvalue weighted by atomic mass is 79.9. The van der Waals surface area contributed by atoms with Gasteiger partial charge in [-0.3, -0.25) is 0 Å². The van der Waals surface area contributed by atoms with E-state index >= 15 is 0 Å². The van der Waals surface area contributed by atoms with Crippen LogP contribution < -0.4 is 22.7 Å². The molecule has 0 saturated carbocycles. The Labute approximate surface area is 49.0 Å². The number of hydrogen-bond donors (Lipinski definition) is 1. The van der Waals surface area contributed by atoms with Crippen LogP contribution in [0.2, 0.25) is 0 Å². The molecule has 38 valence electrons. The van der Waals surface area contributed by atoms with Gasteiger partial charge in [0.05, 0.1) is 6.54 Å². The lowest BCUT2D eigenvalue weighted by Crippen LogP contribution is -3.00. The maximum absolute atomic E-state index is 3.61. The molecule has 0 fully saturated rings. The summed E-state index contributed by atoms with van der Waals surface area (Å²) in [6.45, 7) is 6.44. The molecule has 0 bridgehead atoms. The molecule has 0 heterocycles. The van der Waals surface area contributed by atoms with Gasteiger partial charge < -0.3 is 22.7 Å². The van der Waals surface area contributed by atoms with Crippen LogP contribution in [0.3, 0.4) is 0 Å². The number of quaternary nitrogens is 1. The van der Waals surface area contributed by atoms with E-state index in [2.05, 4.69) is 12.3 Å². The van der Waals surface area contributed by atoms with Crippen molar-refractivity contribution in [3.8, 4) is 0 Å². The second kappa shape index (κ2) is 5.18. The van der Waals surface area contributed by atoms with Gasteiger partial charge in [-0.2, -0.15) is 0 Å². The zero-order valence-corrected chi connectivity index (χ0v) is 5.59. The fraction of sp³-hybridized carbons (Fsp3) is 0.500. The van der Waals surface area contributed by atoms with Crippen LogP contribution >= 0.6 is 0 Å². The number of hydrogen-bond acceptors (Lipinski definition) is 0. The van der Waals surface area contributed by atoms with Gasteiger partial charge in [-0.15, -0.1) is 0 Å². The number of rotatable bonds is 1. The van der Waals surface area contributed by atoms with Crippen molar-refractivity contribution in [1.29, 1.82) is 0 Å². The van der Waals surface area contributed by atoms with Crippen LogP contribution in [0.4, 0.5) is 0 Å². The van der Waals surface area contributed by atoms with Crippen molar-refractivity contribution in [2.45, 2.75) is 6.92 Å². The molecule has 0 aromatic carbocycles. The Hall–Kier alpha value is 0.180. The molecule has 0 aliphatic carbocycles. The van der Waals surface area contributed by atoms with Crippen molar-refractivity contribution in [3.05, 3.63) is 12.2 Å². The third-order valence-electron chi connectivity index (χ3n) is 0.427. The monoisotopic (exact) mass is 151 g/mol. The van der Waals surface area contributed by atoms with Gasteiger partial charge in [0.15, 0.2) is 0 Å². The molecular weight excluding hydrogens is 142 g/mol. The van der Waals surface area contributed by atoms with Gasteiger partial charge in [-0.25, -0.2) is 0 Å². The topological polar surface area (TPSA) is 27.6 Å². The highest BCUT2D eigenvalue weighted by Gasteiger charge is 1.71. The summed E-state index contributed by atoms with van der Waals surface area (Å²) in [6, 6.07) is 0. The fourth-order valence-corrected chi connectivity index (χ4v) is 0. The van der Waals surface area contributed by atoms with E-state index in [1.807, 2.05) is 6.92 Å². The van der Waals surface area contributed by atoms with Crippen LogP contribution in [0.5, 0.6) is 0 Å². The standard InChI is InChI=1S/C4H9N.BrH/c1-4(2)3-5;/h1,3,5H2,2H3;1H. The minimum absolute atomic E-state index is 0. The SMILES string of the molecule is C=C(C)C[NH3+].[Br-]. The van der Waals surface area contributed by atoms with Crippen molar-refractivity contribution in [2.24, 2.45) is 0 Å². The smallest absolute Gasteiger partial charge is 0.0951 e. The minimum Gasteiger partial charge on any atom is -1.00 e. The zero-order chi connectivity index (χ0) is 4.28. The van der Waals surface area contributed by atoms with E-state index in [0.717, 1.165) is 12.1 Å². The molecule has 0 spiro atoms. The first-order chi connectivity index (χ1) is 2.27. The van der Waals surface area contributed by atoms with Crippen molar-refractivity contribution < 1.29 is 22.7 Å². The third kappa shape index (κ3) is 8.89. The van der Waals surface area contributed by atoms with Gasteiger partial charge in [0.2, 0.25) is 0 Å². The normalized spacial score (nSPS) is 6.33. The van der Waals surface area contributed by atoms with Crippen molar-refractivity contribution >= 4 is 0 Å². The molecule has 0 saturated heterocycles. The molecule has 2 heteroatoms. The molecule has 0 radical (unpaired) electrons. The molecule has 0 amide bonds. The molecule has 0 aliphatic rings. The Morgan fingerprint density at radius 2 is 2.00 bits per heavy atom. The summed E-state index contributed by atoms with van der Waals surface area (Å²) in [7, 11) is 0. The van der Waals surface area contributed by atoms with Gasteiger partial charge in [0.25, 0.3) is 0 Å². The van der Waals surface area contributed by atoms with Crippen molar-refractivity contribution in [3.63, 3.8) is 0 Å². The Morgan fingerprint density at radius 1 is 1.83 bits per heavy atom. The summed E-state index contributed by atoms with van der Waals surface area (Å²) in [5.41, 5.74) is 4.73. The molecule has 0 aromatic heterocycles. The van der Waals surface area contributed by atoms with Gasteiger partial charge in [-0.05, 0) is 12.5 Å². The predicted molar refractivity (Wildman–Crippen MR) is 22.6 cm³/mol. The Morgan fingerprint density at radius 3 is 2.00 bits per heavy atom. The molecule has 0 aliphatic heterocycles. The maximum atomic E-state index is 3.61. The van der Waals surface area contributed by atoms with E-state index in [9.17, 15) is 0 Å². The molecule has 0 unspecified atom stereocenters. The summed E-state index contributed by atoms with van der Waals surface area (Å²) in [5, 5.41) is 0. The van der Waals surface area contributed by atoms with E-state index < -0.39 is 0 Å². The van der Waals surface area contributed by atoms with E-state index in [-0.39, 0.29) is 17.0 Å². The van der Waals surface area contributed by atoms with Crippen LogP contribution in [-0.4, -0.2) is 6.54 Å². The van der Waals surface area contributed by atoms with E-state index in [1.54, 1.807) is 0 Å².